The molecule has 1 aliphatic rings. The average molecular weight is 257 g/mol. The van der Waals surface area contributed by atoms with Gasteiger partial charge in [0, 0.05) is 18.1 Å². The van der Waals surface area contributed by atoms with Crippen LogP contribution in [0.25, 0.3) is 0 Å². The summed E-state index contributed by atoms with van der Waals surface area (Å²) in [6.07, 6.45) is 3.32. The number of nitrogens with one attached hydrogen (secondary N) is 1. The number of anilines is 1. The van der Waals surface area contributed by atoms with Gasteiger partial charge >= 0.3 is 0 Å². The third-order valence-corrected chi connectivity index (χ3v) is 2.98. The summed E-state index contributed by atoms with van der Waals surface area (Å²) in [5.74, 6) is -0.0450. The maximum absolute atomic E-state index is 11.7. The quantitative estimate of drug-likeness (QED) is 0.773. The minimum atomic E-state index is -0.514. The molecule has 2 aromatic rings. The van der Waals surface area contributed by atoms with Crippen molar-refractivity contribution in [2.75, 3.05) is 5.32 Å². The smallest absolute Gasteiger partial charge is 0.248 e. The van der Waals surface area contributed by atoms with Gasteiger partial charge in [-0.25, -0.2) is 0 Å². The predicted octanol–water partition coefficient (Wildman–Crippen LogP) is -0.158. The monoisotopic (exact) mass is 257 g/mol. The van der Waals surface area contributed by atoms with Crippen LogP contribution in [0.3, 0.4) is 0 Å². The van der Waals surface area contributed by atoms with E-state index in [-0.39, 0.29) is 0 Å². The van der Waals surface area contributed by atoms with Gasteiger partial charge in [0.25, 0.3) is 0 Å². The lowest BCUT2D eigenvalue weighted by molar-refractivity contribution is -0.115. The van der Waals surface area contributed by atoms with Gasteiger partial charge in [0.2, 0.25) is 11.9 Å². The highest BCUT2D eigenvalue weighted by Crippen LogP contribution is 2.33. The fourth-order valence-corrected chi connectivity index (χ4v) is 2.18. The van der Waals surface area contributed by atoms with Crippen molar-refractivity contribution >= 4 is 11.9 Å². The highest BCUT2D eigenvalue weighted by Gasteiger charge is 2.32. The van der Waals surface area contributed by atoms with Gasteiger partial charge in [0.1, 0.15) is 6.04 Å². The largest absolute Gasteiger partial charge is 0.366 e. The number of allylic oxidation sites excluding steroid dienone is 1. The van der Waals surface area contributed by atoms with Gasteiger partial charge in [0.05, 0.1) is 5.57 Å². The number of hydrogen-bond donors (Lipinski definition) is 2. The van der Waals surface area contributed by atoms with Crippen LogP contribution in [0.2, 0.25) is 0 Å². The second kappa shape index (κ2) is 4.16. The number of carbonyl (C=O) groups is 1. The van der Waals surface area contributed by atoms with Crippen molar-refractivity contribution in [1.82, 2.24) is 25.2 Å². The standard InChI is InChI=1S/C11H11N7O/c1-6-8(10(12)19)9(7-3-2-4-13-5-7)18-11(14-6)15-16-17-18/h2-5,9H,1H3,(H2,12,19)(H,14,15,17)/t9-/m1/s1. The summed E-state index contributed by atoms with van der Waals surface area (Å²) in [4.78, 5) is 15.8. The predicted molar refractivity (Wildman–Crippen MR) is 65.7 cm³/mol. The second-order valence-electron chi connectivity index (χ2n) is 4.16. The van der Waals surface area contributed by atoms with Crippen molar-refractivity contribution in [1.29, 1.82) is 0 Å². The molecule has 3 heterocycles. The molecule has 19 heavy (non-hydrogen) atoms. The van der Waals surface area contributed by atoms with Gasteiger partial charge in [-0.15, -0.1) is 0 Å². The molecule has 0 radical (unpaired) electrons. The molecule has 8 heteroatoms. The lowest BCUT2D eigenvalue weighted by atomic mass is 9.97. The second-order valence-corrected chi connectivity index (χ2v) is 4.16. The Kier molecular flexibility index (Phi) is 2.48. The Labute approximate surface area is 108 Å². The highest BCUT2D eigenvalue weighted by molar-refractivity contribution is 5.95. The van der Waals surface area contributed by atoms with Crippen LogP contribution in [0.5, 0.6) is 0 Å². The number of pyridine rings is 1. The molecule has 0 saturated carbocycles. The topological polar surface area (TPSA) is 112 Å². The van der Waals surface area contributed by atoms with Crippen molar-refractivity contribution in [3.63, 3.8) is 0 Å². The molecule has 2 aromatic heterocycles. The summed E-state index contributed by atoms with van der Waals surface area (Å²) in [5, 5.41) is 14.3. The number of amides is 1. The molecule has 1 amide bonds. The molecule has 3 rings (SSSR count). The summed E-state index contributed by atoms with van der Waals surface area (Å²) in [6, 6.07) is 3.18. The maximum atomic E-state index is 11.7. The van der Waals surface area contributed by atoms with Crippen molar-refractivity contribution in [3.05, 3.63) is 41.4 Å². The third-order valence-electron chi connectivity index (χ3n) is 2.98. The Morgan fingerprint density at radius 3 is 3.05 bits per heavy atom. The molecule has 8 nitrogen and oxygen atoms in total. The Morgan fingerprint density at radius 2 is 2.37 bits per heavy atom. The summed E-state index contributed by atoms with van der Waals surface area (Å²) < 4.78 is 1.52. The van der Waals surface area contributed by atoms with Gasteiger partial charge in [-0.3, -0.25) is 9.78 Å². The number of nitrogens with two attached hydrogens (primary N) is 1. The van der Waals surface area contributed by atoms with Crippen molar-refractivity contribution in [3.8, 4) is 0 Å². The van der Waals surface area contributed by atoms with E-state index in [1.165, 1.54) is 4.68 Å². The number of hydrogen-bond acceptors (Lipinski definition) is 6. The molecule has 3 N–H and O–H groups in total. The first-order valence-electron chi connectivity index (χ1n) is 5.64. The third kappa shape index (κ3) is 1.73. The van der Waals surface area contributed by atoms with E-state index in [0.717, 1.165) is 5.56 Å². The molecule has 96 valence electrons. The summed E-state index contributed by atoms with van der Waals surface area (Å²) in [6.45, 7) is 1.77. The van der Waals surface area contributed by atoms with E-state index in [1.54, 1.807) is 25.4 Å². The number of fused-ring (bicyclic) bond motifs is 1. The van der Waals surface area contributed by atoms with Crippen LogP contribution in [0.15, 0.2) is 35.8 Å². The first-order valence-corrected chi connectivity index (χ1v) is 5.64. The molecular weight excluding hydrogens is 246 g/mol. The van der Waals surface area contributed by atoms with Crippen LogP contribution < -0.4 is 11.1 Å². The van der Waals surface area contributed by atoms with Crippen molar-refractivity contribution in [2.24, 2.45) is 5.73 Å². The van der Waals surface area contributed by atoms with Crippen LogP contribution in [0.4, 0.5) is 5.95 Å². The van der Waals surface area contributed by atoms with Gasteiger partial charge in [0.15, 0.2) is 0 Å². The summed E-state index contributed by atoms with van der Waals surface area (Å²) in [5.41, 5.74) is 7.34. The summed E-state index contributed by atoms with van der Waals surface area (Å²) in [7, 11) is 0. The zero-order valence-electron chi connectivity index (χ0n) is 10.1. The molecule has 0 unspecified atom stereocenters. The minimum Gasteiger partial charge on any atom is -0.366 e. The van der Waals surface area contributed by atoms with E-state index in [0.29, 0.717) is 17.2 Å². The Bertz CT molecular complexity index is 661. The lowest BCUT2D eigenvalue weighted by Crippen LogP contribution is -2.31. The number of nitrogens with zero attached hydrogens (tertiary/aromatic N) is 5. The molecule has 1 aliphatic heterocycles. The zero-order valence-corrected chi connectivity index (χ0v) is 10.1. The lowest BCUT2D eigenvalue weighted by Gasteiger charge is -2.26. The van der Waals surface area contributed by atoms with E-state index in [1.807, 2.05) is 6.07 Å². The van der Waals surface area contributed by atoms with Crippen molar-refractivity contribution < 1.29 is 4.79 Å². The fraction of sp³-hybridized carbons (Fsp3) is 0.182. The van der Waals surface area contributed by atoms with Gasteiger partial charge < -0.3 is 11.1 Å². The number of primary amides is 1. The zero-order chi connectivity index (χ0) is 13.4. The minimum absolute atomic E-state index is 0.424. The van der Waals surface area contributed by atoms with E-state index in [2.05, 4.69) is 25.8 Å². The van der Waals surface area contributed by atoms with Crippen LogP contribution in [0.1, 0.15) is 18.5 Å². The Hall–Kier alpha value is -2.77. The first kappa shape index (κ1) is 11.3. The van der Waals surface area contributed by atoms with Crippen LogP contribution in [-0.2, 0) is 4.79 Å². The van der Waals surface area contributed by atoms with Gasteiger partial charge in [-0.2, -0.15) is 4.68 Å². The van der Waals surface area contributed by atoms with E-state index >= 15 is 0 Å². The van der Waals surface area contributed by atoms with E-state index in [4.69, 9.17) is 5.73 Å². The number of carbonyl (C=O) groups excluding carboxylic acids is 1. The van der Waals surface area contributed by atoms with Gasteiger partial charge in [-0.1, -0.05) is 11.2 Å². The van der Waals surface area contributed by atoms with Crippen molar-refractivity contribution in [2.45, 2.75) is 13.0 Å². The van der Waals surface area contributed by atoms with Crippen LogP contribution in [-0.4, -0.2) is 31.1 Å². The molecule has 0 spiro atoms. The Morgan fingerprint density at radius 1 is 1.53 bits per heavy atom. The highest BCUT2D eigenvalue weighted by atomic mass is 16.1. The maximum Gasteiger partial charge on any atom is 0.248 e. The SMILES string of the molecule is CC1=C(C(N)=O)[C@@H](c2cccnc2)n2nnnc2N1. The fourth-order valence-electron chi connectivity index (χ4n) is 2.18. The molecule has 0 saturated heterocycles. The van der Waals surface area contributed by atoms with E-state index < -0.39 is 11.9 Å². The molecule has 0 bridgehead atoms. The van der Waals surface area contributed by atoms with E-state index in [9.17, 15) is 4.79 Å². The molecule has 0 fully saturated rings. The molecular formula is C11H11N7O. The van der Waals surface area contributed by atoms with Gasteiger partial charge in [-0.05, 0) is 29.0 Å². The molecule has 0 aliphatic carbocycles. The van der Waals surface area contributed by atoms with Crippen LogP contribution in [0, 0.1) is 0 Å². The first-order chi connectivity index (χ1) is 9.18. The number of aromatic nitrogens is 5. The molecule has 1 atom stereocenters. The van der Waals surface area contributed by atoms with Crippen LogP contribution >= 0.6 is 0 Å². The molecule has 0 aromatic carbocycles. The number of tetrazole rings is 1. The average Bonchev–Trinajstić information content (AvgIpc) is 2.85. The Balaban J connectivity index is 2.21. The normalized spacial score (nSPS) is 17.8. The number of rotatable bonds is 2. The summed E-state index contributed by atoms with van der Waals surface area (Å²) >= 11 is 0.